The Morgan fingerprint density at radius 1 is 0.969 bits per heavy atom. The molecule has 0 fully saturated rings. The predicted molar refractivity (Wildman–Crippen MR) is 127 cm³/mol. The van der Waals surface area contributed by atoms with Gasteiger partial charge in [0.05, 0.1) is 24.7 Å². The molecule has 6 nitrogen and oxygen atoms in total. The van der Waals surface area contributed by atoms with Crippen LogP contribution in [0.2, 0.25) is 0 Å². The van der Waals surface area contributed by atoms with Crippen LogP contribution >= 0.6 is 0 Å². The van der Waals surface area contributed by atoms with E-state index in [0.717, 1.165) is 28.1 Å². The molecule has 0 radical (unpaired) electrons. The predicted octanol–water partition coefficient (Wildman–Crippen LogP) is 4.93. The topological polar surface area (TPSA) is 68.5 Å². The first kappa shape index (κ1) is 21.1. The molecule has 0 saturated carbocycles. The summed E-state index contributed by atoms with van der Waals surface area (Å²) in [5.41, 5.74) is 8.60. The molecule has 1 N–H and O–H groups in total. The molecule has 1 aromatic heterocycles. The maximum absolute atomic E-state index is 12.8. The zero-order valence-corrected chi connectivity index (χ0v) is 18.2. The van der Waals surface area contributed by atoms with Crippen LogP contribution in [-0.2, 0) is 0 Å². The van der Waals surface area contributed by atoms with Gasteiger partial charge in [-0.25, -0.2) is 10.1 Å². The van der Waals surface area contributed by atoms with Gasteiger partial charge in [0.2, 0.25) is 0 Å². The minimum absolute atomic E-state index is 0.276. The second-order valence-electron chi connectivity index (χ2n) is 7.47. The van der Waals surface area contributed by atoms with Crippen molar-refractivity contribution in [1.82, 2.24) is 15.2 Å². The normalized spacial score (nSPS) is 11.0. The average molecular weight is 425 g/mol. The number of nitrogens with zero attached hydrogens (tertiary/aromatic N) is 3. The van der Waals surface area contributed by atoms with Gasteiger partial charge >= 0.3 is 0 Å². The van der Waals surface area contributed by atoms with E-state index >= 15 is 0 Å². The first-order valence-electron chi connectivity index (χ1n) is 10.3. The minimum atomic E-state index is -0.393. The smallest absolute Gasteiger partial charge is 0.291 e. The summed E-state index contributed by atoms with van der Waals surface area (Å²) in [6.07, 6.45) is 1.55. The minimum Gasteiger partial charge on any atom is -0.496 e. The quantitative estimate of drug-likeness (QED) is 0.353. The lowest BCUT2D eigenvalue weighted by Gasteiger charge is -2.08. The molecule has 0 saturated heterocycles. The van der Waals surface area contributed by atoms with Gasteiger partial charge in [-0.3, -0.25) is 4.79 Å². The summed E-state index contributed by atoms with van der Waals surface area (Å²) >= 11 is 0. The van der Waals surface area contributed by atoms with Gasteiger partial charge < -0.3 is 4.74 Å². The Morgan fingerprint density at radius 2 is 1.62 bits per heavy atom. The van der Waals surface area contributed by atoms with E-state index in [-0.39, 0.29) is 5.69 Å². The third kappa shape index (κ3) is 4.59. The number of hydrogen-bond donors (Lipinski definition) is 1. The first-order valence-corrected chi connectivity index (χ1v) is 10.3. The van der Waals surface area contributed by atoms with E-state index in [1.165, 1.54) is 5.56 Å². The number of benzene rings is 3. The number of nitrogens with one attached hydrogen (secondary N) is 1. The molecule has 4 aromatic rings. The fraction of sp³-hybridized carbons (Fsp3) is 0.115. The third-order valence-electron chi connectivity index (χ3n) is 5.08. The van der Waals surface area contributed by atoms with Gasteiger partial charge in [-0.05, 0) is 44.2 Å². The number of rotatable bonds is 6. The van der Waals surface area contributed by atoms with Crippen molar-refractivity contribution in [2.75, 3.05) is 7.11 Å². The van der Waals surface area contributed by atoms with Crippen molar-refractivity contribution < 1.29 is 9.53 Å². The zero-order valence-electron chi connectivity index (χ0n) is 18.2. The summed E-state index contributed by atoms with van der Waals surface area (Å²) in [7, 11) is 1.59. The highest BCUT2D eigenvalue weighted by molar-refractivity contribution is 5.94. The van der Waals surface area contributed by atoms with Crippen LogP contribution in [0.4, 0.5) is 0 Å². The van der Waals surface area contributed by atoms with E-state index in [4.69, 9.17) is 4.74 Å². The molecule has 32 heavy (non-hydrogen) atoms. The van der Waals surface area contributed by atoms with Crippen LogP contribution in [0.25, 0.3) is 16.9 Å². The van der Waals surface area contributed by atoms with Gasteiger partial charge in [-0.1, -0.05) is 59.7 Å². The molecule has 160 valence electrons. The zero-order chi connectivity index (χ0) is 22.5. The maximum atomic E-state index is 12.8. The molecule has 1 amide bonds. The second-order valence-corrected chi connectivity index (χ2v) is 7.47. The summed E-state index contributed by atoms with van der Waals surface area (Å²) in [5, 5.41) is 8.65. The molecule has 0 bridgehead atoms. The number of aryl methyl sites for hydroxylation is 2. The molecule has 3 aromatic carbocycles. The van der Waals surface area contributed by atoms with Crippen molar-refractivity contribution in [3.8, 4) is 22.7 Å². The molecule has 0 unspecified atom stereocenters. The SMILES string of the molecule is COc1ccccc1/C=N\NC(=O)c1cc(-c2ccc(C)cc2)n(-c2ccc(C)cc2)n1. The largest absolute Gasteiger partial charge is 0.496 e. The number of para-hydroxylation sites is 1. The van der Waals surface area contributed by atoms with E-state index in [1.807, 2.05) is 86.6 Å². The van der Waals surface area contributed by atoms with Crippen molar-refractivity contribution >= 4 is 12.1 Å². The Labute approximate surface area is 187 Å². The number of hydrogen-bond acceptors (Lipinski definition) is 4. The van der Waals surface area contributed by atoms with Crippen LogP contribution in [0.1, 0.15) is 27.2 Å². The lowest BCUT2D eigenvalue weighted by Crippen LogP contribution is -2.18. The van der Waals surface area contributed by atoms with Crippen LogP contribution in [0.5, 0.6) is 5.75 Å². The highest BCUT2D eigenvalue weighted by atomic mass is 16.5. The van der Waals surface area contributed by atoms with E-state index in [0.29, 0.717) is 5.75 Å². The Bertz CT molecular complexity index is 1190. The van der Waals surface area contributed by atoms with Gasteiger partial charge in [0.25, 0.3) is 5.91 Å². The molecule has 6 heteroatoms. The lowest BCUT2D eigenvalue weighted by molar-refractivity contribution is 0.0949. The molecule has 0 aliphatic heterocycles. The van der Waals surface area contributed by atoms with Gasteiger partial charge in [-0.15, -0.1) is 0 Å². The number of methoxy groups -OCH3 is 1. The Kier molecular flexibility index (Phi) is 6.12. The average Bonchev–Trinajstić information content (AvgIpc) is 3.26. The van der Waals surface area contributed by atoms with Crippen molar-refractivity contribution in [2.24, 2.45) is 5.10 Å². The van der Waals surface area contributed by atoms with E-state index < -0.39 is 5.91 Å². The second kappa shape index (κ2) is 9.31. The molecule has 4 rings (SSSR count). The van der Waals surface area contributed by atoms with Gasteiger partial charge in [0.15, 0.2) is 5.69 Å². The molecule has 0 atom stereocenters. The van der Waals surface area contributed by atoms with Crippen molar-refractivity contribution in [1.29, 1.82) is 0 Å². The summed E-state index contributed by atoms with van der Waals surface area (Å²) in [5.74, 6) is 0.283. The van der Waals surface area contributed by atoms with Gasteiger partial charge in [0, 0.05) is 11.1 Å². The van der Waals surface area contributed by atoms with Crippen LogP contribution in [0, 0.1) is 13.8 Å². The lowest BCUT2D eigenvalue weighted by atomic mass is 10.1. The van der Waals surface area contributed by atoms with Crippen LogP contribution < -0.4 is 10.2 Å². The third-order valence-corrected chi connectivity index (χ3v) is 5.08. The standard InChI is InChI=1S/C26H24N4O2/c1-18-8-12-20(13-9-18)24-16-23(29-30(24)22-14-10-19(2)11-15-22)26(31)28-27-17-21-6-4-5-7-25(21)32-3/h4-17H,1-3H3,(H,28,31)/b27-17-. The van der Waals surface area contributed by atoms with Gasteiger partial charge in [-0.2, -0.15) is 10.2 Å². The number of aromatic nitrogens is 2. The highest BCUT2D eigenvalue weighted by Gasteiger charge is 2.16. The molecule has 0 aliphatic rings. The summed E-state index contributed by atoms with van der Waals surface area (Å²) in [6.45, 7) is 4.08. The Balaban J connectivity index is 1.64. The Hall–Kier alpha value is -4.19. The Morgan fingerprint density at radius 3 is 2.31 bits per heavy atom. The summed E-state index contributed by atoms with van der Waals surface area (Å²) in [4.78, 5) is 12.8. The number of ether oxygens (including phenoxy) is 1. The van der Waals surface area contributed by atoms with E-state index in [2.05, 4.69) is 15.6 Å². The van der Waals surface area contributed by atoms with Gasteiger partial charge in [0.1, 0.15) is 5.75 Å². The fourth-order valence-corrected chi connectivity index (χ4v) is 3.30. The van der Waals surface area contributed by atoms with Crippen LogP contribution in [-0.4, -0.2) is 29.0 Å². The number of carbonyl (C=O) groups excluding carboxylic acids is 1. The molecule has 0 aliphatic carbocycles. The van der Waals surface area contributed by atoms with E-state index in [9.17, 15) is 4.79 Å². The number of carbonyl (C=O) groups is 1. The number of hydrazone groups is 1. The van der Waals surface area contributed by atoms with Crippen molar-refractivity contribution in [3.63, 3.8) is 0 Å². The molecular formula is C26H24N4O2. The highest BCUT2D eigenvalue weighted by Crippen LogP contribution is 2.25. The summed E-state index contributed by atoms with van der Waals surface area (Å²) in [6, 6.07) is 25.4. The number of amides is 1. The van der Waals surface area contributed by atoms with E-state index in [1.54, 1.807) is 24.1 Å². The fourth-order valence-electron chi connectivity index (χ4n) is 3.30. The molecular weight excluding hydrogens is 400 g/mol. The maximum Gasteiger partial charge on any atom is 0.291 e. The monoisotopic (exact) mass is 424 g/mol. The molecule has 0 spiro atoms. The summed E-state index contributed by atoms with van der Waals surface area (Å²) < 4.78 is 7.08. The first-order chi connectivity index (χ1) is 15.5. The van der Waals surface area contributed by atoms with Crippen molar-refractivity contribution in [3.05, 3.63) is 101 Å². The van der Waals surface area contributed by atoms with Crippen LogP contribution in [0.3, 0.4) is 0 Å². The van der Waals surface area contributed by atoms with Crippen LogP contribution in [0.15, 0.2) is 84.0 Å². The molecule has 1 heterocycles. The van der Waals surface area contributed by atoms with Crippen molar-refractivity contribution in [2.45, 2.75) is 13.8 Å².